The third-order valence-corrected chi connectivity index (χ3v) is 6.84. The largest absolute Gasteiger partial charge is 0.496 e. The van der Waals surface area contributed by atoms with Crippen LogP contribution in [0.5, 0.6) is 11.5 Å². The summed E-state index contributed by atoms with van der Waals surface area (Å²) in [6.45, 7) is 3.03. The van der Waals surface area contributed by atoms with Crippen molar-refractivity contribution < 1.29 is 22.4 Å². The van der Waals surface area contributed by atoms with E-state index in [0.717, 1.165) is 11.3 Å². The summed E-state index contributed by atoms with van der Waals surface area (Å²) in [5.74, 6) is 2.30. The average Bonchev–Trinajstić information content (AvgIpc) is 3.15. The van der Waals surface area contributed by atoms with Crippen LogP contribution in [0.2, 0.25) is 0 Å². The first-order chi connectivity index (χ1) is 14.5. The maximum Gasteiger partial charge on any atom is 0.243 e. The van der Waals surface area contributed by atoms with Crippen LogP contribution in [0.15, 0.2) is 57.9 Å². The maximum atomic E-state index is 12.8. The molecule has 9 heteroatoms. The molecule has 0 saturated carbocycles. The lowest BCUT2D eigenvalue weighted by atomic mass is 10.0. The van der Waals surface area contributed by atoms with Crippen LogP contribution in [0.3, 0.4) is 0 Å². The van der Waals surface area contributed by atoms with E-state index in [1.807, 2.05) is 31.2 Å². The van der Waals surface area contributed by atoms with E-state index in [1.54, 1.807) is 31.4 Å². The van der Waals surface area contributed by atoms with Crippen molar-refractivity contribution in [2.45, 2.75) is 24.2 Å². The second kappa shape index (κ2) is 8.45. The summed E-state index contributed by atoms with van der Waals surface area (Å²) in [4.78, 5) is 4.70. The molecule has 0 spiro atoms. The Morgan fingerprint density at radius 3 is 2.57 bits per heavy atom. The third-order valence-electron chi connectivity index (χ3n) is 4.99. The second-order valence-corrected chi connectivity index (χ2v) is 8.90. The molecule has 2 aromatic carbocycles. The summed E-state index contributed by atoms with van der Waals surface area (Å²) in [5, 5.41) is 4.04. The number of para-hydroxylation sites is 1. The van der Waals surface area contributed by atoms with E-state index in [1.165, 1.54) is 4.31 Å². The van der Waals surface area contributed by atoms with Gasteiger partial charge in [-0.2, -0.15) is 9.29 Å². The van der Waals surface area contributed by atoms with Crippen LogP contribution in [0, 0.1) is 0 Å². The number of methoxy groups -OCH3 is 1. The molecule has 1 aliphatic rings. The minimum atomic E-state index is -3.55. The first-order valence-corrected chi connectivity index (χ1v) is 11.1. The van der Waals surface area contributed by atoms with E-state index in [9.17, 15) is 8.42 Å². The first kappa shape index (κ1) is 20.4. The highest BCUT2D eigenvalue weighted by molar-refractivity contribution is 7.89. The molecular formula is C21H23N3O5S. The van der Waals surface area contributed by atoms with E-state index in [0.29, 0.717) is 43.6 Å². The highest BCUT2D eigenvalue weighted by atomic mass is 32.2. The number of aromatic nitrogens is 2. The number of ether oxygens (including phenoxy) is 2. The minimum Gasteiger partial charge on any atom is -0.496 e. The Kier molecular flexibility index (Phi) is 5.74. The number of hydrogen-bond donors (Lipinski definition) is 0. The molecule has 2 heterocycles. The highest BCUT2D eigenvalue weighted by Gasteiger charge is 2.40. The summed E-state index contributed by atoms with van der Waals surface area (Å²) in [7, 11) is -1.93. The van der Waals surface area contributed by atoms with Crippen LogP contribution >= 0.6 is 0 Å². The molecule has 1 aliphatic heterocycles. The van der Waals surface area contributed by atoms with Crippen molar-refractivity contribution >= 4 is 10.0 Å². The van der Waals surface area contributed by atoms with Gasteiger partial charge in [-0.05, 0) is 37.3 Å². The molecule has 4 rings (SSSR count). The van der Waals surface area contributed by atoms with Gasteiger partial charge in [0.2, 0.25) is 15.9 Å². The number of nitrogens with zero attached hydrogens (tertiary/aromatic N) is 3. The number of rotatable bonds is 8. The van der Waals surface area contributed by atoms with Gasteiger partial charge in [0.05, 0.1) is 24.5 Å². The normalized spacial score (nSPS) is 15.0. The predicted molar refractivity (Wildman–Crippen MR) is 109 cm³/mol. The van der Waals surface area contributed by atoms with E-state index >= 15 is 0 Å². The van der Waals surface area contributed by atoms with Gasteiger partial charge in [0.15, 0.2) is 5.82 Å². The fourth-order valence-electron chi connectivity index (χ4n) is 3.34. The monoisotopic (exact) mass is 429 g/mol. The number of hydrogen-bond acceptors (Lipinski definition) is 7. The maximum absolute atomic E-state index is 12.8. The Hall–Kier alpha value is -2.91. The summed E-state index contributed by atoms with van der Waals surface area (Å²) in [6.07, 6.45) is 0.481. The number of benzene rings is 2. The van der Waals surface area contributed by atoms with Crippen LogP contribution in [-0.4, -0.2) is 49.7 Å². The fraction of sp³-hybridized carbons (Fsp3) is 0.333. The number of sulfonamides is 1. The lowest BCUT2D eigenvalue weighted by molar-refractivity contribution is 0.216. The Balaban J connectivity index is 1.39. The molecule has 0 bridgehead atoms. The molecule has 0 radical (unpaired) electrons. The standard InChI is InChI=1S/C21H23N3O5S/c1-3-28-17-8-10-18(11-9-17)30(25,26)24-13-16(14-24)21-22-20(23-29-21)12-15-6-4-5-7-19(15)27-2/h4-11,16H,3,12-14H2,1-2H3. The molecule has 158 valence electrons. The van der Waals surface area contributed by atoms with Crippen LogP contribution in [-0.2, 0) is 16.4 Å². The Morgan fingerprint density at radius 2 is 1.87 bits per heavy atom. The van der Waals surface area contributed by atoms with Crippen molar-refractivity contribution in [2.24, 2.45) is 0 Å². The van der Waals surface area contributed by atoms with E-state index in [-0.39, 0.29) is 10.8 Å². The molecule has 0 unspecified atom stereocenters. The van der Waals surface area contributed by atoms with Gasteiger partial charge in [0.1, 0.15) is 11.5 Å². The summed E-state index contributed by atoms with van der Waals surface area (Å²) >= 11 is 0. The quantitative estimate of drug-likeness (QED) is 0.543. The van der Waals surface area contributed by atoms with E-state index < -0.39 is 10.0 Å². The highest BCUT2D eigenvalue weighted by Crippen LogP contribution is 2.32. The molecule has 1 aromatic heterocycles. The molecular weight excluding hydrogens is 406 g/mol. The zero-order valence-electron chi connectivity index (χ0n) is 16.8. The molecule has 1 fully saturated rings. The van der Waals surface area contributed by atoms with Crippen LogP contribution in [0.1, 0.15) is 30.1 Å². The molecule has 0 aliphatic carbocycles. The van der Waals surface area contributed by atoms with Gasteiger partial charge in [0, 0.05) is 25.1 Å². The first-order valence-electron chi connectivity index (χ1n) is 9.68. The van der Waals surface area contributed by atoms with Crippen molar-refractivity contribution in [3.8, 4) is 11.5 Å². The smallest absolute Gasteiger partial charge is 0.243 e. The Bertz CT molecular complexity index is 1110. The van der Waals surface area contributed by atoms with E-state index in [4.69, 9.17) is 14.0 Å². The summed E-state index contributed by atoms with van der Waals surface area (Å²) in [6, 6.07) is 14.1. The lowest BCUT2D eigenvalue weighted by Gasteiger charge is -2.35. The van der Waals surface area contributed by atoms with E-state index in [2.05, 4.69) is 10.1 Å². The van der Waals surface area contributed by atoms with Crippen molar-refractivity contribution in [2.75, 3.05) is 26.8 Å². The van der Waals surface area contributed by atoms with Gasteiger partial charge in [-0.15, -0.1) is 0 Å². The molecule has 0 atom stereocenters. The summed E-state index contributed by atoms with van der Waals surface area (Å²) in [5.41, 5.74) is 0.959. The van der Waals surface area contributed by atoms with Gasteiger partial charge in [0.25, 0.3) is 0 Å². The zero-order valence-corrected chi connectivity index (χ0v) is 17.6. The molecule has 30 heavy (non-hydrogen) atoms. The zero-order chi connectivity index (χ0) is 21.1. The van der Waals surface area contributed by atoms with Crippen molar-refractivity contribution in [3.63, 3.8) is 0 Å². The minimum absolute atomic E-state index is 0.110. The SMILES string of the molecule is CCOc1ccc(S(=O)(=O)N2CC(c3nc(Cc4ccccc4OC)no3)C2)cc1. The average molecular weight is 429 g/mol. The molecule has 3 aromatic rings. The van der Waals surface area contributed by atoms with Crippen LogP contribution in [0.4, 0.5) is 0 Å². The Morgan fingerprint density at radius 1 is 1.13 bits per heavy atom. The second-order valence-electron chi connectivity index (χ2n) is 6.96. The molecule has 1 saturated heterocycles. The predicted octanol–water partition coefficient (Wildman–Crippen LogP) is 2.86. The third kappa shape index (κ3) is 4.03. The van der Waals surface area contributed by atoms with Crippen molar-refractivity contribution in [1.82, 2.24) is 14.4 Å². The van der Waals surface area contributed by atoms with Gasteiger partial charge < -0.3 is 14.0 Å². The topological polar surface area (TPSA) is 94.8 Å². The van der Waals surface area contributed by atoms with Gasteiger partial charge in [-0.1, -0.05) is 23.4 Å². The fourth-order valence-corrected chi connectivity index (χ4v) is 4.87. The lowest BCUT2D eigenvalue weighted by Crippen LogP contribution is -2.48. The Labute approximate surface area is 175 Å². The van der Waals surface area contributed by atoms with Crippen molar-refractivity contribution in [1.29, 1.82) is 0 Å². The molecule has 0 N–H and O–H groups in total. The summed E-state index contributed by atoms with van der Waals surface area (Å²) < 4.78 is 43.1. The molecule has 8 nitrogen and oxygen atoms in total. The van der Waals surface area contributed by atoms with Crippen LogP contribution < -0.4 is 9.47 Å². The molecule has 0 amide bonds. The van der Waals surface area contributed by atoms with Crippen molar-refractivity contribution in [3.05, 3.63) is 65.8 Å². The van der Waals surface area contributed by atoms with Gasteiger partial charge >= 0.3 is 0 Å². The van der Waals surface area contributed by atoms with Crippen LogP contribution in [0.25, 0.3) is 0 Å². The van der Waals surface area contributed by atoms with Gasteiger partial charge in [-0.25, -0.2) is 8.42 Å². The van der Waals surface area contributed by atoms with Gasteiger partial charge in [-0.3, -0.25) is 0 Å².